The molecular weight excluding hydrogens is 382 g/mol. The molecule has 1 fully saturated rings. The molecule has 0 saturated carbocycles. The fraction of sp³-hybridized carbons (Fsp3) is 0.348. The van der Waals surface area contributed by atoms with Gasteiger partial charge < -0.3 is 10.1 Å². The molecule has 0 aromatic heterocycles. The smallest absolute Gasteiger partial charge is 0.261 e. The monoisotopic (exact) mass is 407 g/mol. The number of nitrogens with zero attached hydrogens (tertiary/aromatic N) is 2. The van der Waals surface area contributed by atoms with Crippen molar-refractivity contribution >= 4 is 23.4 Å². The zero-order chi connectivity index (χ0) is 21.4. The Kier molecular flexibility index (Phi) is 5.30. The van der Waals surface area contributed by atoms with Crippen LogP contribution in [0.5, 0.6) is 5.75 Å². The van der Waals surface area contributed by atoms with Crippen LogP contribution in [0.15, 0.2) is 42.5 Å². The average Bonchev–Trinajstić information content (AvgIpc) is 3.21. The highest BCUT2D eigenvalue weighted by Gasteiger charge is 2.33. The van der Waals surface area contributed by atoms with Crippen molar-refractivity contribution in [2.45, 2.75) is 25.3 Å². The molecule has 156 valence electrons. The summed E-state index contributed by atoms with van der Waals surface area (Å²) in [6.45, 7) is 3.22. The quantitative estimate of drug-likeness (QED) is 0.771. The van der Waals surface area contributed by atoms with E-state index >= 15 is 0 Å². The van der Waals surface area contributed by atoms with Crippen LogP contribution >= 0.6 is 0 Å². The average molecular weight is 407 g/mol. The molecule has 2 aliphatic heterocycles. The van der Waals surface area contributed by atoms with Gasteiger partial charge in [-0.05, 0) is 55.2 Å². The number of anilines is 1. The SMILES string of the molecule is COc1ccc(C2CC(C)N(CC(=O)Nc3ccc4c(c3)C(=O)N(C)C4=O)C2)cc1. The predicted molar refractivity (Wildman–Crippen MR) is 113 cm³/mol. The Morgan fingerprint density at radius 3 is 2.50 bits per heavy atom. The highest BCUT2D eigenvalue weighted by atomic mass is 16.5. The van der Waals surface area contributed by atoms with E-state index in [0.29, 0.717) is 22.7 Å². The third-order valence-electron chi connectivity index (χ3n) is 6.01. The number of hydrogen-bond acceptors (Lipinski definition) is 5. The van der Waals surface area contributed by atoms with Crippen LogP contribution in [0.4, 0.5) is 5.69 Å². The molecule has 0 aliphatic carbocycles. The molecule has 2 aliphatic rings. The van der Waals surface area contributed by atoms with Crippen molar-refractivity contribution in [3.8, 4) is 5.75 Å². The van der Waals surface area contributed by atoms with E-state index in [1.165, 1.54) is 12.6 Å². The maximum absolute atomic E-state index is 12.6. The van der Waals surface area contributed by atoms with Crippen molar-refractivity contribution in [1.82, 2.24) is 9.80 Å². The first-order valence-corrected chi connectivity index (χ1v) is 10.0. The maximum atomic E-state index is 12.6. The third kappa shape index (κ3) is 3.68. The molecule has 7 nitrogen and oxygen atoms in total. The van der Waals surface area contributed by atoms with Crippen molar-refractivity contribution in [3.05, 3.63) is 59.2 Å². The van der Waals surface area contributed by atoms with Gasteiger partial charge in [0.2, 0.25) is 5.91 Å². The fourth-order valence-electron chi connectivity index (χ4n) is 4.26. The summed E-state index contributed by atoms with van der Waals surface area (Å²) in [6.07, 6.45) is 0.988. The lowest BCUT2D eigenvalue weighted by atomic mass is 9.97. The van der Waals surface area contributed by atoms with Crippen molar-refractivity contribution in [3.63, 3.8) is 0 Å². The maximum Gasteiger partial charge on any atom is 0.261 e. The molecule has 3 amide bonds. The summed E-state index contributed by atoms with van der Waals surface area (Å²) in [4.78, 5) is 40.0. The second kappa shape index (κ2) is 7.91. The number of carbonyl (C=O) groups excluding carboxylic acids is 3. The van der Waals surface area contributed by atoms with Gasteiger partial charge in [-0.1, -0.05) is 12.1 Å². The molecule has 4 rings (SSSR count). The van der Waals surface area contributed by atoms with E-state index in [-0.39, 0.29) is 30.3 Å². The summed E-state index contributed by atoms with van der Waals surface area (Å²) >= 11 is 0. The number of ether oxygens (including phenoxy) is 1. The Labute approximate surface area is 175 Å². The Bertz CT molecular complexity index is 1000. The molecule has 0 bridgehead atoms. The molecule has 2 aromatic rings. The van der Waals surface area contributed by atoms with Gasteiger partial charge in [0.1, 0.15) is 5.75 Å². The van der Waals surface area contributed by atoms with Gasteiger partial charge in [-0.3, -0.25) is 24.2 Å². The highest BCUT2D eigenvalue weighted by Crippen LogP contribution is 2.32. The molecule has 2 heterocycles. The molecule has 7 heteroatoms. The van der Waals surface area contributed by atoms with Gasteiger partial charge in [-0.15, -0.1) is 0 Å². The summed E-state index contributed by atoms with van der Waals surface area (Å²) in [5, 5.41) is 2.86. The molecule has 0 radical (unpaired) electrons. The van der Waals surface area contributed by atoms with Gasteiger partial charge >= 0.3 is 0 Å². The van der Waals surface area contributed by atoms with E-state index in [2.05, 4.69) is 29.3 Å². The predicted octanol–water partition coefficient (Wildman–Crippen LogP) is 2.74. The first-order chi connectivity index (χ1) is 14.4. The molecule has 1 saturated heterocycles. The lowest BCUT2D eigenvalue weighted by Crippen LogP contribution is -2.35. The standard InChI is InChI=1S/C23H25N3O4/c1-14-10-16(15-4-7-18(30-3)8-5-15)12-26(14)13-21(27)24-17-6-9-19-20(11-17)23(29)25(2)22(19)28/h4-9,11,14,16H,10,12-13H2,1-3H3,(H,24,27). The second-order valence-electron chi connectivity index (χ2n) is 7.96. The highest BCUT2D eigenvalue weighted by molar-refractivity contribution is 6.21. The van der Waals surface area contributed by atoms with Crippen molar-refractivity contribution in [2.24, 2.45) is 0 Å². The van der Waals surface area contributed by atoms with Crippen molar-refractivity contribution in [1.29, 1.82) is 0 Å². The second-order valence-corrected chi connectivity index (χ2v) is 7.96. The summed E-state index contributed by atoms with van der Waals surface area (Å²) in [7, 11) is 3.11. The van der Waals surface area contributed by atoms with E-state index in [9.17, 15) is 14.4 Å². The number of fused-ring (bicyclic) bond motifs is 1. The van der Waals surface area contributed by atoms with E-state index in [0.717, 1.165) is 23.6 Å². The topological polar surface area (TPSA) is 79.0 Å². The number of benzene rings is 2. The van der Waals surface area contributed by atoms with Gasteiger partial charge in [0.25, 0.3) is 11.8 Å². The summed E-state index contributed by atoms with van der Waals surface area (Å²) in [6, 6.07) is 13.2. The zero-order valence-electron chi connectivity index (χ0n) is 17.3. The molecule has 0 spiro atoms. The van der Waals surface area contributed by atoms with E-state index in [4.69, 9.17) is 4.74 Å². The van der Waals surface area contributed by atoms with Gasteiger partial charge in [-0.2, -0.15) is 0 Å². The van der Waals surface area contributed by atoms with Gasteiger partial charge in [0.05, 0.1) is 24.8 Å². The molecule has 1 N–H and O–H groups in total. The Balaban J connectivity index is 1.38. The largest absolute Gasteiger partial charge is 0.497 e. The number of hydrogen-bond donors (Lipinski definition) is 1. The van der Waals surface area contributed by atoms with Crippen LogP contribution in [0.25, 0.3) is 0 Å². The van der Waals surface area contributed by atoms with Gasteiger partial charge in [0, 0.05) is 25.3 Å². The van der Waals surface area contributed by atoms with E-state index in [1.54, 1.807) is 25.3 Å². The zero-order valence-corrected chi connectivity index (χ0v) is 17.3. The van der Waals surface area contributed by atoms with Crippen LogP contribution < -0.4 is 10.1 Å². The molecule has 2 atom stereocenters. The molecule has 2 unspecified atom stereocenters. The normalized spacial score (nSPS) is 21.1. The number of amides is 3. The number of rotatable bonds is 5. The van der Waals surface area contributed by atoms with Crippen molar-refractivity contribution < 1.29 is 19.1 Å². The lowest BCUT2D eigenvalue weighted by molar-refractivity contribution is -0.117. The molecule has 30 heavy (non-hydrogen) atoms. The number of nitrogens with one attached hydrogen (secondary N) is 1. The van der Waals surface area contributed by atoms with Crippen LogP contribution in [-0.2, 0) is 4.79 Å². The number of likely N-dealkylation sites (tertiary alicyclic amines) is 1. The van der Waals surface area contributed by atoms with Crippen LogP contribution in [0.3, 0.4) is 0 Å². The van der Waals surface area contributed by atoms with Crippen molar-refractivity contribution in [2.75, 3.05) is 32.6 Å². The summed E-state index contributed by atoms with van der Waals surface area (Å²) in [5.74, 6) is 0.409. The van der Waals surface area contributed by atoms with Gasteiger partial charge in [0.15, 0.2) is 0 Å². The summed E-state index contributed by atoms with van der Waals surface area (Å²) in [5.41, 5.74) is 2.47. The minimum atomic E-state index is -0.346. The van der Waals surface area contributed by atoms with E-state index < -0.39 is 0 Å². The first-order valence-electron chi connectivity index (χ1n) is 10.0. The van der Waals surface area contributed by atoms with E-state index in [1.807, 2.05) is 12.1 Å². The third-order valence-corrected chi connectivity index (χ3v) is 6.01. The molecule has 2 aromatic carbocycles. The van der Waals surface area contributed by atoms with Crippen LogP contribution in [0, 0.1) is 0 Å². The fourth-order valence-corrected chi connectivity index (χ4v) is 4.26. The van der Waals surface area contributed by atoms with Crippen LogP contribution in [0.1, 0.15) is 45.5 Å². The number of methoxy groups -OCH3 is 1. The Hall–Kier alpha value is -3.19. The van der Waals surface area contributed by atoms with Crippen LogP contribution in [-0.4, -0.2) is 60.8 Å². The first kappa shape index (κ1) is 20.1. The van der Waals surface area contributed by atoms with Crippen LogP contribution in [0.2, 0.25) is 0 Å². The Morgan fingerprint density at radius 2 is 1.80 bits per heavy atom. The van der Waals surface area contributed by atoms with Gasteiger partial charge in [-0.25, -0.2) is 0 Å². The lowest BCUT2D eigenvalue weighted by Gasteiger charge is -2.20. The molecular formula is C23H25N3O4. The number of carbonyl (C=O) groups is 3. The Morgan fingerprint density at radius 1 is 1.10 bits per heavy atom. The number of imide groups is 1. The minimum absolute atomic E-state index is 0.137. The minimum Gasteiger partial charge on any atom is -0.497 e. The summed E-state index contributed by atoms with van der Waals surface area (Å²) < 4.78 is 5.22.